The molecule has 3 aromatic rings. The van der Waals surface area contributed by atoms with Gasteiger partial charge < -0.3 is 10.7 Å². The highest BCUT2D eigenvalue weighted by Crippen LogP contribution is 2.21. The van der Waals surface area contributed by atoms with Crippen molar-refractivity contribution in [3.63, 3.8) is 0 Å². The zero-order chi connectivity index (χ0) is 20.4. The van der Waals surface area contributed by atoms with Crippen molar-refractivity contribution in [3.8, 4) is 5.69 Å². The average Bonchev–Trinajstić information content (AvgIpc) is 3.37. The molecule has 3 N–H and O–H groups in total. The van der Waals surface area contributed by atoms with Crippen LogP contribution < -0.4 is 26.8 Å². The number of hydrogen-bond donors (Lipinski definition) is 3. The lowest BCUT2D eigenvalue weighted by molar-refractivity contribution is 0.0960. The van der Waals surface area contributed by atoms with Crippen molar-refractivity contribution in [3.05, 3.63) is 91.2 Å². The van der Waals surface area contributed by atoms with Crippen LogP contribution in [-0.2, 0) is 0 Å². The average molecular weight is 448 g/mol. The van der Waals surface area contributed by atoms with Crippen molar-refractivity contribution in [2.24, 2.45) is 0 Å². The van der Waals surface area contributed by atoms with E-state index in [1.807, 2.05) is 30.5 Å². The number of carbonyl (C=O) groups excluding carboxylic acids is 1. The molecule has 10 heteroatoms. The number of pyridine rings is 1. The Balaban J connectivity index is 1.41. The molecule has 0 radical (unpaired) electrons. The normalized spacial score (nSPS) is 13.2. The first-order valence-corrected chi connectivity index (χ1v) is 10.1. The van der Waals surface area contributed by atoms with Crippen molar-refractivity contribution in [2.45, 2.75) is 0 Å². The van der Waals surface area contributed by atoms with E-state index in [1.165, 1.54) is 22.0 Å². The molecule has 1 amide bonds. The van der Waals surface area contributed by atoms with Crippen LogP contribution in [0.25, 0.3) is 5.69 Å². The lowest BCUT2D eigenvalue weighted by Crippen LogP contribution is -2.38. The van der Waals surface area contributed by atoms with Gasteiger partial charge in [0.25, 0.3) is 11.5 Å². The summed E-state index contributed by atoms with van der Waals surface area (Å²) in [5.41, 5.74) is 8.20. The number of aromatic nitrogens is 1. The maximum absolute atomic E-state index is 12.1. The van der Waals surface area contributed by atoms with Crippen LogP contribution in [-0.4, -0.2) is 17.0 Å². The first-order valence-electron chi connectivity index (χ1n) is 8.53. The molecule has 0 saturated carbocycles. The van der Waals surface area contributed by atoms with E-state index in [-0.39, 0.29) is 11.5 Å². The van der Waals surface area contributed by atoms with Gasteiger partial charge in [-0.25, -0.2) is 0 Å². The summed E-state index contributed by atoms with van der Waals surface area (Å²) in [5, 5.41) is 5.09. The summed E-state index contributed by atoms with van der Waals surface area (Å²) in [4.78, 5) is 24.7. The molecule has 0 aliphatic carbocycles. The molecule has 0 bridgehead atoms. The van der Waals surface area contributed by atoms with Crippen molar-refractivity contribution in [2.75, 3.05) is 11.6 Å². The molecule has 0 atom stereocenters. The lowest BCUT2D eigenvalue weighted by Gasteiger charge is -2.16. The summed E-state index contributed by atoms with van der Waals surface area (Å²) in [7, 11) is 0. The number of amides is 1. The topological polar surface area (TPSA) is 78.4 Å². The van der Waals surface area contributed by atoms with E-state index in [4.69, 9.17) is 23.2 Å². The zero-order valence-electron chi connectivity index (χ0n) is 14.9. The number of nitrogens with one attached hydrogen (secondary N) is 3. The number of hydrazine groups is 2. The van der Waals surface area contributed by atoms with Gasteiger partial charge in [0, 0.05) is 24.2 Å². The number of anilines is 1. The molecule has 2 aromatic heterocycles. The first-order chi connectivity index (χ1) is 14.0. The fourth-order valence-electron chi connectivity index (χ4n) is 2.72. The van der Waals surface area contributed by atoms with Crippen LogP contribution in [0.2, 0.25) is 9.36 Å². The third-order valence-electron chi connectivity index (χ3n) is 4.14. The Labute approximate surface area is 180 Å². The maximum Gasteiger partial charge on any atom is 0.261 e. The molecule has 0 unspecified atom stereocenters. The van der Waals surface area contributed by atoms with Crippen LogP contribution >= 0.6 is 34.5 Å². The first kappa shape index (κ1) is 19.5. The fraction of sp³-hybridized carbons (Fsp3) is 0.0526. The Kier molecular flexibility index (Phi) is 5.59. The molecular weight excluding hydrogens is 433 g/mol. The molecule has 0 saturated heterocycles. The van der Waals surface area contributed by atoms with Gasteiger partial charge in [0.15, 0.2) is 0 Å². The fourth-order valence-corrected chi connectivity index (χ4v) is 3.84. The second-order valence-corrected chi connectivity index (χ2v) is 8.27. The quantitative estimate of drug-likeness (QED) is 0.559. The third-order valence-corrected chi connectivity index (χ3v) is 5.59. The van der Waals surface area contributed by atoms with E-state index in [1.54, 1.807) is 29.4 Å². The van der Waals surface area contributed by atoms with Gasteiger partial charge >= 0.3 is 0 Å². The number of nitrogens with zero attached hydrogens (tertiary/aromatic N) is 2. The SMILES string of the molecule is O=C(NCC1=CN(c2ccc(-n3cc(Cl)ccc3=O)cc2)NN1)c1ccc(Cl)s1. The van der Waals surface area contributed by atoms with Gasteiger partial charge in [-0.05, 0) is 42.5 Å². The lowest BCUT2D eigenvalue weighted by atomic mass is 10.2. The second kappa shape index (κ2) is 8.30. The van der Waals surface area contributed by atoms with Crippen LogP contribution in [0.5, 0.6) is 0 Å². The molecular formula is C19H15Cl2N5O2S. The number of rotatable bonds is 5. The van der Waals surface area contributed by atoms with E-state index in [9.17, 15) is 9.59 Å². The summed E-state index contributed by atoms with van der Waals surface area (Å²) in [6.45, 7) is 0.327. The smallest absolute Gasteiger partial charge is 0.261 e. The Morgan fingerprint density at radius 2 is 1.79 bits per heavy atom. The highest BCUT2D eigenvalue weighted by atomic mass is 35.5. The zero-order valence-corrected chi connectivity index (χ0v) is 17.2. The standard InChI is InChI=1S/C19H15Cl2N5O2S/c20-12-1-8-18(27)25(10-12)14-2-4-15(5-3-14)26-11-13(23-24-26)9-22-19(28)16-6-7-17(21)29-16/h1-8,10-11,23-24H,9H2,(H,22,28). The molecule has 1 aromatic carbocycles. The largest absolute Gasteiger partial charge is 0.346 e. The second-order valence-electron chi connectivity index (χ2n) is 6.12. The van der Waals surface area contributed by atoms with Gasteiger partial charge in [0.05, 0.1) is 32.2 Å². The van der Waals surface area contributed by atoms with E-state index in [0.717, 1.165) is 11.4 Å². The van der Waals surface area contributed by atoms with Crippen LogP contribution in [0.3, 0.4) is 0 Å². The third kappa shape index (κ3) is 4.46. The molecule has 4 rings (SSSR count). The molecule has 3 heterocycles. The molecule has 0 spiro atoms. The predicted octanol–water partition coefficient (Wildman–Crippen LogP) is 3.31. The number of hydrogen-bond acceptors (Lipinski definition) is 6. The molecule has 148 valence electrons. The van der Waals surface area contributed by atoms with E-state index in [2.05, 4.69) is 16.3 Å². The van der Waals surface area contributed by atoms with Crippen LogP contribution in [0.1, 0.15) is 9.67 Å². The van der Waals surface area contributed by atoms with Gasteiger partial charge in [-0.3, -0.25) is 19.2 Å². The van der Waals surface area contributed by atoms with Crippen molar-refractivity contribution >= 4 is 46.1 Å². The van der Waals surface area contributed by atoms with Gasteiger partial charge in [-0.2, -0.15) is 0 Å². The van der Waals surface area contributed by atoms with Gasteiger partial charge in [0.2, 0.25) is 0 Å². The Morgan fingerprint density at radius 3 is 2.52 bits per heavy atom. The monoisotopic (exact) mass is 447 g/mol. The predicted molar refractivity (Wildman–Crippen MR) is 116 cm³/mol. The highest BCUT2D eigenvalue weighted by Gasteiger charge is 2.15. The molecule has 29 heavy (non-hydrogen) atoms. The maximum atomic E-state index is 12.1. The van der Waals surface area contributed by atoms with Crippen molar-refractivity contribution in [1.82, 2.24) is 20.8 Å². The summed E-state index contributed by atoms with van der Waals surface area (Å²) in [6.07, 6.45) is 3.41. The minimum absolute atomic E-state index is 0.159. The Bertz CT molecular complexity index is 1140. The molecule has 1 aliphatic rings. The number of carbonyl (C=O) groups is 1. The summed E-state index contributed by atoms with van der Waals surface area (Å²) in [6, 6.07) is 13.7. The number of thiophene rings is 1. The Morgan fingerprint density at radius 1 is 1.03 bits per heavy atom. The summed E-state index contributed by atoms with van der Waals surface area (Å²) in [5.74, 6) is -0.181. The number of benzene rings is 1. The van der Waals surface area contributed by atoms with Crippen molar-refractivity contribution < 1.29 is 4.79 Å². The van der Waals surface area contributed by atoms with Gasteiger partial charge in [-0.1, -0.05) is 23.2 Å². The minimum atomic E-state index is -0.181. The summed E-state index contributed by atoms with van der Waals surface area (Å²) < 4.78 is 2.06. The van der Waals surface area contributed by atoms with Crippen LogP contribution in [0.15, 0.2) is 71.4 Å². The van der Waals surface area contributed by atoms with E-state index < -0.39 is 0 Å². The van der Waals surface area contributed by atoms with Gasteiger partial charge in [0.1, 0.15) is 0 Å². The molecule has 0 fully saturated rings. The molecule has 1 aliphatic heterocycles. The molecule has 7 nitrogen and oxygen atoms in total. The van der Waals surface area contributed by atoms with Gasteiger partial charge in [-0.15, -0.1) is 16.9 Å². The van der Waals surface area contributed by atoms with Crippen LogP contribution in [0.4, 0.5) is 5.69 Å². The summed E-state index contributed by atoms with van der Waals surface area (Å²) >= 11 is 13.1. The van der Waals surface area contributed by atoms with E-state index >= 15 is 0 Å². The highest BCUT2D eigenvalue weighted by molar-refractivity contribution is 7.18. The number of halogens is 2. The van der Waals surface area contributed by atoms with Crippen LogP contribution in [0, 0.1) is 0 Å². The van der Waals surface area contributed by atoms with Crippen molar-refractivity contribution in [1.29, 1.82) is 0 Å². The minimum Gasteiger partial charge on any atom is -0.346 e. The Hall–Kier alpha value is -2.78. The van der Waals surface area contributed by atoms with E-state index in [0.29, 0.717) is 26.5 Å².